The van der Waals surface area contributed by atoms with Gasteiger partial charge in [-0.2, -0.15) is 4.68 Å². The van der Waals surface area contributed by atoms with Gasteiger partial charge >= 0.3 is 11.9 Å². The van der Waals surface area contributed by atoms with Crippen molar-refractivity contribution >= 4 is 34.7 Å². The summed E-state index contributed by atoms with van der Waals surface area (Å²) in [4.78, 5) is 41.7. The molecule has 3 rings (SSSR count). The molecule has 3 aromatic rings. The van der Waals surface area contributed by atoms with Crippen molar-refractivity contribution in [2.45, 2.75) is 26.8 Å². The molecule has 0 aliphatic heterocycles. The van der Waals surface area contributed by atoms with Crippen LogP contribution < -0.4 is 5.56 Å². The molecule has 0 unspecified atom stereocenters. The lowest BCUT2D eigenvalue weighted by Crippen LogP contribution is -2.37. The summed E-state index contributed by atoms with van der Waals surface area (Å²) in [6.45, 7) is 5.09. The third kappa shape index (κ3) is 3.83. The fraction of sp³-hybridized carbons (Fsp3) is 0.333. The summed E-state index contributed by atoms with van der Waals surface area (Å²) in [7, 11) is 0. The maximum atomic E-state index is 12.9. The third-order valence-corrected chi connectivity index (χ3v) is 4.49. The van der Waals surface area contributed by atoms with Crippen molar-refractivity contribution in [1.29, 1.82) is 0 Å². The summed E-state index contributed by atoms with van der Waals surface area (Å²) in [5.41, 5.74) is 0.730. The summed E-state index contributed by atoms with van der Waals surface area (Å²) >= 11 is 6.16. The fourth-order valence-corrected chi connectivity index (χ4v) is 2.83. The number of benzene rings is 1. The van der Waals surface area contributed by atoms with Crippen molar-refractivity contribution in [3.63, 3.8) is 0 Å². The molecule has 0 bridgehead atoms. The first-order valence-corrected chi connectivity index (χ1v) is 9.19. The van der Waals surface area contributed by atoms with Gasteiger partial charge in [0.05, 0.1) is 18.9 Å². The van der Waals surface area contributed by atoms with E-state index >= 15 is 0 Å². The zero-order valence-corrected chi connectivity index (χ0v) is 16.7. The molecule has 0 atom stereocenters. The third-order valence-electron chi connectivity index (χ3n) is 4.09. The van der Waals surface area contributed by atoms with E-state index < -0.39 is 23.5 Å². The van der Waals surface area contributed by atoms with Crippen LogP contribution >= 0.6 is 11.6 Å². The predicted octanol–water partition coefficient (Wildman–Crippen LogP) is 1.61. The number of rotatable bonds is 6. The van der Waals surface area contributed by atoms with Gasteiger partial charge in [0.2, 0.25) is 6.04 Å². The molecule has 2 aromatic heterocycles. The van der Waals surface area contributed by atoms with Crippen LogP contribution in [0.1, 0.15) is 25.5 Å². The number of ether oxygens (including phenoxy) is 2. The first-order valence-electron chi connectivity index (χ1n) is 8.81. The fourth-order valence-electron chi connectivity index (χ4n) is 2.66. The Bertz CT molecular complexity index is 1120. The van der Waals surface area contributed by atoms with Gasteiger partial charge in [-0.1, -0.05) is 22.9 Å². The van der Waals surface area contributed by atoms with Gasteiger partial charge in [-0.25, -0.2) is 14.6 Å². The smallest absolute Gasteiger partial charge is 0.341 e. The number of carbonyl (C=O) groups excluding carboxylic acids is 2. The summed E-state index contributed by atoms with van der Waals surface area (Å²) in [6, 6.07) is 3.59. The average molecular weight is 420 g/mol. The molecular weight excluding hydrogens is 402 g/mol. The number of aryl methyl sites for hydroxylation is 1. The number of nitrogens with zero attached hydrogens (tertiary/aromatic N) is 5. The highest BCUT2D eigenvalue weighted by Gasteiger charge is 2.33. The topological polar surface area (TPSA) is 118 Å². The Labute approximate surface area is 170 Å². The molecule has 10 nitrogen and oxygen atoms in total. The minimum absolute atomic E-state index is 0.0313. The lowest BCUT2D eigenvalue weighted by Gasteiger charge is -2.16. The van der Waals surface area contributed by atoms with Crippen LogP contribution in [0, 0.1) is 6.92 Å². The van der Waals surface area contributed by atoms with E-state index in [4.69, 9.17) is 21.1 Å². The molecule has 1 aromatic carbocycles. The number of carbonyl (C=O) groups is 2. The molecule has 0 N–H and O–H groups in total. The van der Waals surface area contributed by atoms with Crippen molar-refractivity contribution < 1.29 is 19.1 Å². The van der Waals surface area contributed by atoms with Crippen LogP contribution in [0.4, 0.5) is 0 Å². The maximum absolute atomic E-state index is 12.9. The molecule has 0 amide bonds. The van der Waals surface area contributed by atoms with Crippen LogP contribution in [0.5, 0.6) is 0 Å². The van der Waals surface area contributed by atoms with Crippen LogP contribution in [0.2, 0.25) is 5.02 Å². The van der Waals surface area contributed by atoms with Gasteiger partial charge < -0.3 is 9.47 Å². The van der Waals surface area contributed by atoms with Gasteiger partial charge in [-0.05, 0) is 38.5 Å². The number of esters is 2. The zero-order chi connectivity index (χ0) is 21.1. The highest BCUT2D eigenvalue weighted by molar-refractivity contribution is 6.31. The zero-order valence-electron chi connectivity index (χ0n) is 16.0. The molecule has 152 valence electrons. The molecule has 0 aliphatic carbocycles. The van der Waals surface area contributed by atoms with Gasteiger partial charge in [0.25, 0.3) is 5.56 Å². The molecule has 0 aliphatic rings. The molecular formula is C18H18ClN5O5. The average Bonchev–Trinajstić information content (AvgIpc) is 3.11. The number of hydrogen-bond acceptors (Lipinski definition) is 8. The first-order chi connectivity index (χ1) is 13.9. The van der Waals surface area contributed by atoms with Crippen molar-refractivity contribution in [3.05, 3.63) is 45.5 Å². The number of fused-ring (bicyclic) bond motifs is 1. The minimum atomic E-state index is -1.63. The van der Waals surface area contributed by atoms with Crippen LogP contribution in [0.25, 0.3) is 16.9 Å². The molecule has 0 saturated heterocycles. The van der Waals surface area contributed by atoms with Crippen molar-refractivity contribution in [2.24, 2.45) is 0 Å². The van der Waals surface area contributed by atoms with Crippen molar-refractivity contribution in [3.8, 4) is 5.69 Å². The molecule has 0 fully saturated rings. The first kappa shape index (κ1) is 20.5. The second-order valence-corrected chi connectivity index (χ2v) is 6.38. The Morgan fingerprint density at radius 3 is 2.41 bits per heavy atom. The molecule has 29 heavy (non-hydrogen) atoms. The van der Waals surface area contributed by atoms with Crippen LogP contribution in [-0.4, -0.2) is 49.7 Å². The van der Waals surface area contributed by atoms with E-state index in [2.05, 4.69) is 15.3 Å². The SMILES string of the molecule is CCOC(=O)C(C(=O)OCC)n1cnc2c(nnn2-c2ccc(C)c(Cl)c2)c1=O. The maximum Gasteiger partial charge on any atom is 0.341 e. The Kier molecular flexibility index (Phi) is 5.92. The number of halogens is 1. The minimum Gasteiger partial charge on any atom is -0.464 e. The Hall–Kier alpha value is -3.27. The largest absolute Gasteiger partial charge is 0.464 e. The van der Waals surface area contributed by atoms with Gasteiger partial charge in [0.15, 0.2) is 11.2 Å². The quantitative estimate of drug-likeness (QED) is 0.436. The number of hydrogen-bond donors (Lipinski definition) is 0. The van der Waals surface area contributed by atoms with Crippen LogP contribution in [0.15, 0.2) is 29.3 Å². The van der Waals surface area contributed by atoms with Crippen molar-refractivity contribution in [2.75, 3.05) is 13.2 Å². The normalized spacial score (nSPS) is 11.1. The summed E-state index contributed by atoms with van der Waals surface area (Å²) in [5, 5.41) is 8.35. The highest BCUT2D eigenvalue weighted by atomic mass is 35.5. The van der Waals surface area contributed by atoms with Crippen molar-refractivity contribution in [1.82, 2.24) is 24.5 Å². The van der Waals surface area contributed by atoms with E-state index in [1.165, 1.54) is 4.68 Å². The van der Waals surface area contributed by atoms with Gasteiger partial charge in [0.1, 0.15) is 6.33 Å². The monoisotopic (exact) mass is 419 g/mol. The Morgan fingerprint density at radius 2 is 1.83 bits per heavy atom. The molecule has 11 heteroatoms. The summed E-state index contributed by atoms with van der Waals surface area (Å²) < 4.78 is 12.0. The van der Waals surface area contributed by atoms with Crippen LogP contribution in [0.3, 0.4) is 0 Å². The van der Waals surface area contributed by atoms with E-state index in [0.29, 0.717) is 10.7 Å². The van der Waals surface area contributed by atoms with Crippen LogP contribution in [-0.2, 0) is 19.1 Å². The second kappa shape index (κ2) is 8.39. The summed E-state index contributed by atoms with van der Waals surface area (Å²) in [5.74, 6) is -1.85. The van der Waals surface area contributed by atoms with Gasteiger partial charge in [-0.15, -0.1) is 5.10 Å². The lowest BCUT2D eigenvalue weighted by molar-refractivity contribution is -0.160. The molecule has 2 heterocycles. The Morgan fingerprint density at radius 1 is 1.17 bits per heavy atom. The second-order valence-electron chi connectivity index (χ2n) is 5.97. The van der Waals surface area contributed by atoms with Gasteiger partial charge in [0, 0.05) is 5.02 Å². The lowest BCUT2D eigenvalue weighted by atomic mass is 10.2. The molecule has 0 radical (unpaired) electrons. The van der Waals surface area contributed by atoms with E-state index in [1.54, 1.807) is 32.0 Å². The van der Waals surface area contributed by atoms with E-state index in [-0.39, 0.29) is 24.4 Å². The van der Waals surface area contributed by atoms with E-state index in [1.807, 2.05) is 6.92 Å². The van der Waals surface area contributed by atoms with E-state index in [0.717, 1.165) is 16.5 Å². The number of aromatic nitrogens is 5. The molecule has 0 spiro atoms. The standard InChI is InChI=1S/C18H18ClN5O5/c1-4-28-17(26)14(18(27)29-5-2)23-9-20-15-13(16(23)25)21-22-24(15)11-7-6-10(3)12(19)8-11/h6-9,14H,4-5H2,1-3H3. The highest BCUT2D eigenvalue weighted by Crippen LogP contribution is 2.21. The summed E-state index contributed by atoms with van der Waals surface area (Å²) in [6.07, 6.45) is 1.07. The van der Waals surface area contributed by atoms with E-state index in [9.17, 15) is 14.4 Å². The van der Waals surface area contributed by atoms with Gasteiger partial charge in [-0.3, -0.25) is 9.36 Å². The predicted molar refractivity (Wildman–Crippen MR) is 103 cm³/mol. The Balaban J connectivity index is 2.12. The molecule has 0 saturated carbocycles.